The van der Waals surface area contributed by atoms with Crippen molar-refractivity contribution in [1.82, 2.24) is 14.9 Å². The van der Waals surface area contributed by atoms with Crippen LogP contribution in [0.1, 0.15) is 11.1 Å². The highest BCUT2D eigenvalue weighted by Gasteiger charge is 2.19. The number of rotatable bonds is 5. The van der Waals surface area contributed by atoms with Gasteiger partial charge in [0.05, 0.1) is 6.20 Å². The maximum Gasteiger partial charge on any atom is 0.258 e. The monoisotopic (exact) mass is 302 g/mol. The lowest BCUT2D eigenvalue weighted by Gasteiger charge is -2.07. The Kier molecular flexibility index (Phi) is 4.12. The van der Waals surface area contributed by atoms with E-state index in [0.29, 0.717) is 11.1 Å². The van der Waals surface area contributed by atoms with Crippen molar-refractivity contribution in [1.29, 1.82) is 0 Å². The van der Waals surface area contributed by atoms with Gasteiger partial charge in [-0.15, -0.1) is 0 Å². The van der Waals surface area contributed by atoms with Crippen LogP contribution in [-0.2, 0) is 23.1 Å². The Morgan fingerprint density at radius 2 is 2.05 bits per heavy atom. The maximum atomic E-state index is 13.0. The largest absolute Gasteiger partial charge is 0.326 e. The third-order valence-corrected chi connectivity index (χ3v) is 4.03. The van der Waals surface area contributed by atoms with Gasteiger partial charge in [0.2, 0.25) is 0 Å². The van der Waals surface area contributed by atoms with Crippen molar-refractivity contribution in [3.63, 3.8) is 0 Å². The molecular formula is C11H12F2N4O2S. The van der Waals surface area contributed by atoms with Crippen molar-refractivity contribution in [3.05, 3.63) is 47.2 Å². The number of nitrogens with zero attached hydrogens (tertiary/aromatic N) is 1. The summed E-state index contributed by atoms with van der Waals surface area (Å²) in [6.45, 7) is -0.166. The second kappa shape index (κ2) is 5.65. The Morgan fingerprint density at radius 1 is 1.30 bits per heavy atom. The molecule has 6 nitrogen and oxygen atoms in total. The number of H-pyrrole nitrogens is 1. The second-order valence-corrected chi connectivity index (χ2v) is 5.71. The smallest absolute Gasteiger partial charge is 0.258 e. The molecule has 0 unspecified atom stereocenters. The summed E-state index contributed by atoms with van der Waals surface area (Å²) in [5, 5.41) is 5.81. The highest BCUT2D eigenvalue weighted by Crippen LogP contribution is 2.13. The topological polar surface area (TPSA) is 101 Å². The first-order valence-electron chi connectivity index (χ1n) is 5.60. The zero-order valence-corrected chi connectivity index (χ0v) is 11.0. The molecule has 9 heteroatoms. The first-order valence-corrected chi connectivity index (χ1v) is 7.08. The van der Waals surface area contributed by atoms with Crippen LogP contribution < -0.4 is 10.5 Å². The van der Waals surface area contributed by atoms with Crippen molar-refractivity contribution in [3.8, 4) is 0 Å². The van der Waals surface area contributed by atoms with Crippen LogP contribution >= 0.6 is 0 Å². The number of sulfonamides is 1. The van der Waals surface area contributed by atoms with E-state index < -0.39 is 21.7 Å². The first-order chi connectivity index (χ1) is 9.44. The molecule has 0 saturated heterocycles. The van der Waals surface area contributed by atoms with Gasteiger partial charge in [-0.3, -0.25) is 5.10 Å². The number of benzene rings is 1. The molecule has 1 heterocycles. The van der Waals surface area contributed by atoms with Crippen LogP contribution in [0, 0.1) is 11.6 Å². The van der Waals surface area contributed by atoms with E-state index >= 15 is 0 Å². The van der Waals surface area contributed by atoms with Gasteiger partial charge < -0.3 is 5.73 Å². The van der Waals surface area contributed by atoms with Gasteiger partial charge >= 0.3 is 0 Å². The third-order valence-electron chi connectivity index (χ3n) is 2.62. The van der Waals surface area contributed by atoms with Crippen molar-refractivity contribution < 1.29 is 17.2 Å². The molecule has 0 amide bonds. The molecule has 0 fully saturated rings. The van der Waals surface area contributed by atoms with Gasteiger partial charge in [0.15, 0.2) is 16.7 Å². The molecule has 4 N–H and O–H groups in total. The van der Waals surface area contributed by atoms with E-state index in [-0.39, 0.29) is 18.1 Å². The number of aromatic nitrogens is 2. The van der Waals surface area contributed by atoms with Gasteiger partial charge in [-0.25, -0.2) is 21.9 Å². The van der Waals surface area contributed by atoms with Crippen molar-refractivity contribution in [2.75, 3.05) is 0 Å². The van der Waals surface area contributed by atoms with E-state index in [4.69, 9.17) is 5.73 Å². The Labute approximate surface area is 114 Å². The lowest BCUT2D eigenvalue weighted by molar-refractivity contribution is 0.506. The maximum absolute atomic E-state index is 13.0. The summed E-state index contributed by atoms with van der Waals surface area (Å²) >= 11 is 0. The molecule has 0 spiro atoms. The molecule has 0 atom stereocenters. The summed E-state index contributed by atoms with van der Waals surface area (Å²) in [5.74, 6) is -2.03. The predicted molar refractivity (Wildman–Crippen MR) is 66.9 cm³/mol. The van der Waals surface area contributed by atoms with Crippen LogP contribution in [0.5, 0.6) is 0 Å². The number of aromatic amines is 1. The quantitative estimate of drug-likeness (QED) is 0.754. The van der Waals surface area contributed by atoms with Crippen molar-refractivity contribution >= 4 is 10.0 Å². The predicted octanol–water partition coefficient (Wildman–Crippen LogP) is 0.625. The van der Waals surface area contributed by atoms with Crippen LogP contribution in [0.4, 0.5) is 8.78 Å². The molecule has 0 radical (unpaired) electrons. The van der Waals surface area contributed by atoms with Gasteiger partial charge in [0.25, 0.3) is 10.0 Å². The summed E-state index contributed by atoms with van der Waals surface area (Å²) in [4.78, 5) is 0. The highest BCUT2D eigenvalue weighted by atomic mass is 32.2. The van der Waals surface area contributed by atoms with Crippen LogP contribution in [-0.4, -0.2) is 18.6 Å². The summed E-state index contributed by atoms with van der Waals surface area (Å²) < 4.78 is 52.0. The number of nitrogens with one attached hydrogen (secondary N) is 2. The van der Waals surface area contributed by atoms with Crippen LogP contribution in [0.2, 0.25) is 0 Å². The first kappa shape index (κ1) is 14.6. The average Bonchev–Trinajstić information content (AvgIpc) is 2.89. The van der Waals surface area contributed by atoms with Gasteiger partial charge in [0, 0.05) is 18.7 Å². The van der Waals surface area contributed by atoms with Gasteiger partial charge in [-0.2, -0.15) is 5.10 Å². The lowest BCUT2D eigenvalue weighted by atomic mass is 10.2. The van der Waals surface area contributed by atoms with Gasteiger partial charge in [0.1, 0.15) is 0 Å². The van der Waals surface area contributed by atoms with E-state index in [1.165, 1.54) is 12.3 Å². The third kappa shape index (κ3) is 3.00. The average molecular weight is 302 g/mol. The molecule has 1 aromatic heterocycles. The molecule has 0 saturated carbocycles. The normalized spacial score (nSPS) is 11.8. The fourth-order valence-electron chi connectivity index (χ4n) is 1.58. The molecular weight excluding hydrogens is 290 g/mol. The molecule has 1 aromatic carbocycles. The fourth-order valence-corrected chi connectivity index (χ4v) is 2.73. The zero-order chi connectivity index (χ0) is 14.8. The molecule has 0 aliphatic rings. The molecule has 108 valence electrons. The fraction of sp³-hybridized carbons (Fsp3) is 0.182. The molecule has 0 aliphatic heterocycles. The Balaban J connectivity index is 2.15. The summed E-state index contributed by atoms with van der Waals surface area (Å²) in [6.07, 6.45) is 1.31. The number of halogens is 2. The van der Waals surface area contributed by atoms with Crippen LogP contribution in [0.25, 0.3) is 0 Å². The van der Waals surface area contributed by atoms with E-state index in [1.807, 2.05) is 0 Å². The van der Waals surface area contributed by atoms with Crippen LogP contribution in [0.3, 0.4) is 0 Å². The van der Waals surface area contributed by atoms with E-state index in [2.05, 4.69) is 14.9 Å². The lowest BCUT2D eigenvalue weighted by Crippen LogP contribution is -2.25. The standard InChI is InChI=1S/C11H12F2N4O2S/c12-9-2-1-7(3-10(9)13)5-16-20(18,19)11-8(4-14)6-15-17-11/h1-3,6,16H,4-5,14H2,(H,15,17). The summed E-state index contributed by atoms with van der Waals surface area (Å²) in [6, 6.07) is 3.15. The summed E-state index contributed by atoms with van der Waals surface area (Å²) in [5.41, 5.74) is 6.02. The van der Waals surface area contributed by atoms with Gasteiger partial charge in [-0.1, -0.05) is 6.07 Å². The Bertz CT molecular complexity index is 715. The minimum Gasteiger partial charge on any atom is -0.326 e. The molecule has 2 rings (SSSR count). The molecule has 0 aliphatic carbocycles. The number of hydrogen-bond donors (Lipinski definition) is 3. The molecule has 20 heavy (non-hydrogen) atoms. The Hall–Kier alpha value is -1.84. The Morgan fingerprint density at radius 3 is 2.70 bits per heavy atom. The van der Waals surface area contributed by atoms with E-state index in [1.54, 1.807) is 0 Å². The summed E-state index contributed by atoms with van der Waals surface area (Å²) in [7, 11) is -3.85. The highest BCUT2D eigenvalue weighted by molar-refractivity contribution is 7.89. The zero-order valence-electron chi connectivity index (χ0n) is 10.2. The second-order valence-electron chi connectivity index (χ2n) is 4.00. The minimum atomic E-state index is -3.85. The number of nitrogens with two attached hydrogens (primary N) is 1. The van der Waals surface area contributed by atoms with Gasteiger partial charge in [-0.05, 0) is 17.7 Å². The van der Waals surface area contributed by atoms with Crippen molar-refractivity contribution in [2.24, 2.45) is 5.73 Å². The minimum absolute atomic E-state index is 0.0118. The SMILES string of the molecule is NCc1cn[nH]c1S(=O)(=O)NCc1ccc(F)c(F)c1. The van der Waals surface area contributed by atoms with E-state index in [0.717, 1.165) is 12.1 Å². The number of hydrogen-bond acceptors (Lipinski definition) is 4. The molecule has 2 aromatic rings. The van der Waals surface area contributed by atoms with Crippen molar-refractivity contribution in [2.45, 2.75) is 18.1 Å². The van der Waals surface area contributed by atoms with E-state index in [9.17, 15) is 17.2 Å². The molecule has 0 bridgehead atoms. The van der Waals surface area contributed by atoms with Crippen LogP contribution in [0.15, 0.2) is 29.4 Å².